The molecule has 0 unspecified atom stereocenters. The Hall–Kier alpha value is -1.62. The molecule has 18 heavy (non-hydrogen) atoms. The molecule has 0 bridgehead atoms. The van der Waals surface area contributed by atoms with E-state index >= 15 is 0 Å². The molecule has 1 heterocycles. The van der Waals surface area contributed by atoms with Crippen LogP contribution in [0.4, 0.5) is 0 Å². The Morgan fingerprint density at radius 3 is 2.61 bits per heavy atom. The van der Waals surface area contributed by atoms with Gasteiger partial charge in [0, 0.05) is 18.3 Å². The van der Waals surface area contributed by atoms with Crippen LogP contribution in [0.5, 0.6) is 5.75 Å². The summed E-state index contributed by atoms with van der Waals surface area (Å²) in [5.74, 6) is -0.290. The SMILES string of the molecule is CNC1CCC(NC(=O)c2ccncc2O)CC1. The van der Waals surface area contributed by atoms with Gasteiger partial charge in [-0.25, -0.2) is 0 Å². The minimum absolute atomic E-state index is 0.0705. The Labute approximate surface area is 107 Å². The topological polar surface area (TPSA) is 74.2 Å². The molecule has 1 saturated carbocycles. The maximum atomic E-state index is 12.0. The molecule has 0 atom stereocenters. The van der Waals surface area contributed by atoms with Crippen LogP contribution >= 0.6 is 0 Å². The Morgan fingerprint density at radius 2 is 2.00 bits per heavy atom. The van der Waals surface area contributed by atoms with Crippen LogP contribution in [-0.2, 0) is 0 Å². The Kier molecular flexibility index (Phi) is 4.15. The summed E-state index contributed by atoms with van der Waals surface area (Å²) in [7, 11) is 1.97. The van der Waals surface area contributed by atoms with Gasteiger partial charge in [0.05, 0.1) is 11.8 Å². The number of amides is 1. The normalized spacial score (nSPS) is 23.6. The van der Waals surface area contributed by atoms with Crippen LogP contribution in [-0.4, -0.2) is 35.1 Å². The van der Waals surface area contributed by atoms with Crippen molar-refractivity contribution in [3.05, 3.63) is 24.0 Å². The molecule has 3 N–H and O–H groups in total. The molecule has 98 valence electrons. The summed E-state index contributed by atoms with van der Waals surface area (Å²) < 4.78 is 0. The van der Waals surface area contributed by atoms with E-state index in [0.29, 0.717) is 11.6 Å². The molecule has 5 nitrogen and oxygen atoms in total. The van der Waals surface area contributed by atoms with Gasteiger partial charge >= 0.3 is 0 Å². The molecule has 1 aliphatic carbocycles. The Balaban J connectivity index is 1.91. The third-order valence-electron chi connectivity index (χ3n) is 3.52. The number of hydrogen-bond donors (Lipinski definition) is 3. The highest BCUT2D eigenvalue weighted by Crippen LogP contribution is 2.20. The minimum atomic E-state index is -0.220. The summed E-state index contributed by atoms with van der Waals surface area (Å²) in [6.45, 7) is 0. The fourth-order valence-corrected chi connectivity index (χ4v) is 2.37. The van der Waals surface area contributed by atoms with Crippen molar-refractivity contribution in [1.29, 1.82) is 0 Å². The highest BCUT2D eigenvalue weighted by molar-refractivity contribution is 5.96. The van der Waals surface area contributed by atoms with Crippen LogP contribution in [0.15, 0.2) is 18.5 Å². The average molecular weight is 249 g/mol. The largest absolute Gasteiger partial charge is 0.505 e. The summed E-state index contributed by atoms with van der Waals surface area (Å²) in [4.78, 5) is 15.7. The molecular formula is C13H19N3O2. The number of carbonyl (C=O) groups excluding carboxylic acids is 1. The van der Waals surface area contributed by atoms with E-state index in [1.807, 2.05) is 7.05 Å². The lowest BCUT2D eigenvalue weighted by Gasteiger charge is -2.28. The monoisotopic (exact) mass is 249 g/mol. The zero-order valence-electron chi connectivity index (χ0n) is 10.5. The smallest absolute Gasteiger partial charge is 0.255 e. The van der Waals surface area contributed by atoms with Crippen molar-refractivity contribution < 1.29 is 9.90 Å². The molecule has 1 aromatic rings. The zero-order valence-corrected chi connectivity index (χ0v) is 10.5. The first-order chi connectivity index (χ1) is 8.70. The second-order valence-electron chi connectivity index (χ2n) is 4.70. The molecular weight excluding hydrogens is 230 g/mol. The first-order valence-electron chi connectivity index (χ1n) is 6.32. The number of pyridine rings is 1. The highest BCUT2D eigenvalue weighted by atomic mass is 16.3. The summed E-state index contributed by atoms with van der Waals surface area (Å²) in [6, 6.07) is 2.30. The maximum Gasteiger partial charge on any atom is 0.255 e. The lowest BCUT2D eigenvalue weighted by molar-refractivity contribution is 0.0922. The molecule has 2 rings (SSSR count). The summed E-state index contributed by atoms with van der Waals surface area (Å²) in [5, 5.41) is 15.8. The van der Waals surface area contributed by atoms with E-state index in [2.05, 4.69) is 15.6 Å². The summed E-state index contributed by atoms with van der Waals surface area (Å²) in [6.07, 6.45) is 6.89. The molecule has 0 radical (unpaired) electrons. The van der Waals surface area contributed by atoms with Crippen molar-refractivity contribution in [2.75, 3.05) is 7.05 Å². The van der Waals surface area contributed by atoms with Gasteiger partial charge in [-0.3, -0.25) is 9.78 Å². The van der Waals surface area contributed by atoms with Crippen molar-refractivity contribution >= 4 is 5.91 Å². The van der Waals surface area contributed by atoms with E-state index in [9.17, 15) is 9.90 Å². The maximum absolute atomic E-state index is 12.0. The molecule has 0 aliphatic heterocycles. The van der Waals surface area contributed by atoms with Gasteiger partial charge in [0.1, 0.15) is 5.75 Å². The van der Waals surface area contributed by atoms with Crippen molar-refractivity contribution in [3.63, 3.8) is 0 Å². The van der Waals surface area contributed by atoms with Crippen LogP contribution in [0.25, 0.3) is 0 Å². The lowest BCUT2D eigenvalue weighted by atomic mass is 9.91. The molecule has 1 aromatic heterocycles. The number of aromatic hydroxyl groups is 1. The number of nitrogens with zero attached hydrogens (tertiary/aromatic N) is 1. The van der Waals surface area contributed by atoms with Gasteiger partial charge in [-0.1, -0.05) is 0 Å². The van der Waals surface area contributed by atoms with Gasteiger partial charge in [0.25, 0.3) is 5.91 Å². The van der Waals surface area contributed by atoms with Crippen molar-refractivity contribution in [1.82, 2.24) is 15.6 Å². The predicted octanol–water partition coefficient (Wildman–Crippen LogP) is 1.05. The second kappa shape index (κ2) is 5.82. The van der Waals surface area contributed by atoms with Crippen LogP contribution in [0, 0.1) is 0 Å². The van der Waals surface area contributed by atoms with Crippen molar-refractivity contribution in [3.8, 4) is 5.75 Å². The number of aromatic nitrogens is 1. The second-order valence-corrected chi connectivity index (χ2v) is 4.70. The van der Waals surface area contributed by atoms with Crippen molar-refractivity contribution in [2.45, 2.75) is 37.8 Å². The molecule has 5 heteroatoms. The van der Waals surface area contributed by atoms with E-state index in [-0.39, 0.29) is 17.7 Å². The number of hydrogen-bond acceptors (Lipinski definition) is 4. The molecule has 1 amide bonds. The Morgan fingerprint density at radius 1 is 1.33 bits per heavy atom. The van der Waals surface area contributed by atoms with E-state index in [0.717, 1.165) is 25.7 Å². The van der Waals surface area contributed by atoms with Crippen molar-refractivity contribution in [2.24, 2.45) is 0 Å². The average Bonchev–Trinajstić information content (AvgIpc) is 2.40. The van der Waals surface area contributed by atoms with Crippen LogP contribution in [0.2, 0.25) is 0 Å². The fourth-order valence-electron chi connectivity index (χ4n) is 2.37. The first-order valence-corrected chi connectivity index (χ1v) is 6.32. The number of carbonyl (C=O) groups is 1. The third-order valence-corrected chi connectivity index (χ3v) is 3.52. The number of nitrogens with one attached hydrogen (secondary N) is 2. The minimum Gasteiger partial charge on any atom is -0.505 e. The standard InChI is InChI=1S/C13H19N3O2/c1-14-9-2-4-10(5-3-9)16-13(18)11-6-7-15-8-12(11)17/h6-10,14,17H,2-5H2,1H3,(H,16,18). The zero-order chi connectivity index (χ0) is 13.0. The molecule has 0 saturated heterocycles. The molecule has 1 fully saturated rings. The predicted molar refractivity (Wildman–Crippen MR) is 68.5 cm³/mol. The quantitative estimate of drug-likeness (QED) is 0.748. The van der Waals surface area contributed by atoms with Crippen LogP contribution in [0.1, 0.15) is 36.0 Å². The van der Waals surface area contributed by atoms with E-state index in [1.54, 1.807) is 0 Å². The third kappa shape index (κ3) is 2.98. The van der Waals surface area contributed by atoms with E-state index in [4.69, 9.17) is 0 Å². The summed E-state index contributed by atoms with van der Waals surface area (Å²) in [5.41, 5.74) is 0.292. The summed E-state index contributed by atoms with van der Waals surface area (Å²) >= 11 is 0. The van der Waals surface area contributed by atoms with Gasteiger partial charge in [0.2, 0.25) is 0 Å². The van der Waals surface area contributed by atoms with Crippen LogP contribution in [0.3, 0.4) is 0 Å². The van der Waals surface area contributed by atoms with Gasteiger partial charge < -0.3 is 15.7 Å². The number of rotatable bonds is 3. The first kappa shape index (κ1) is 12.8. The lowest BCUT2D eigenvalue weighted by Crippen LogP contribution is -2.41. The highest BCUT2D eigenvalue weighted by Gasteiger charge is 2.22. The fraction of sp³-hybridized carbons (Fsp3) is 0.538. The van der Waals surface area contributed by atoms with Gasteiger partial charge in [-0.05, 0) is 38.8 Å². The van der Waals surface area contributed by atoms with Gasteiger partial charge in [-0.2, -0.15) is 0 Å². The van der Waals surface area contributed by atoms with Gasteiger partial charge in [0.15, 0.2) is 0 Å². The van der Waals surface area contributed by atoms with E-state index in [1.165, 1.54) is 18.5 Å². The van der Waals surface area contributed by atoms with E-state index < -0.39 is 0 Å². The van der Waals surface area contributed by atoms with Crippen LogP contribution < -0.4 is 10.6 Å². The van der Waals surface area contributed by atoms with Gasteiger partial charge in [-0.15, -0.1) is 0 Å². The molecule has 0 aromatic carbocycles. The molecule has 0 spiro atoms. The Bertz CT molecular complexity index is 414. The molecule has 1 aliphatic rings.